The van der Waals surface area contributed by atoms with E-state index in [2.05, 4.69) is 21.9 Å². The molecule has 1 atom stereocenters. The number of hydrogen-bond acceptors (Lipinski definition) is 10. The van der Waals surface area contributed by atoms with Crippen LogP contribution < -0.4 is 20.7 Å². The quantitative estimate of drug-likeness (QED) is 0.174. The number of halogens is 5. The van der Waals surface area contributed by atoms with Gasteiger partial charge in [-0.3, -0.25) is 9.89 Å². The molecule has 0 bridgehead atoms. The summed E-state index contributed by atoms with van der Waals surface area (Å²) in [6.07, 6.45) is 2.01. The molecule has 0 aliphatic carbocycles. The molecule has 5 heterocycles. The van der Waals surface area contributed by atoms with Crippen molar-refractivity contribution in [1.82, 2.24) is 20.2 Å². The molecule has 3 saturated heterocycles. The lowest BCUT2D eigenvalue weighted by molar-refractivity contribution is 0.108. The number of allylic oxidation sites excluding steroid dienone is 1. The molecule has 3 aromatic rings. The third-order valence-electron chi connectivity index (χ3n) is 8.77. The summed E-state index contributed by atoms with van der Waals surface area (Å²) >= 11 is 7.70. The van der Waals surface area contributed by atoms with Crippen LogP contribution >= 0.6 is 22.9 Å². The van der Waals surface area contributed by atoms with Gasteiger partial charge in [0.05, 0.1) is 38.2 Å². The molecular formula is C36H43ClF4N8OS. The maximum absolute atomic E-state index is 16.5. The van der Waals surface area contributed by atoms with Crippen molar-refractivity contribution in [1.29, 1.82) is 5.26 Å². The van der Waals surface area contributed by atoms with Crippen LogP contribution in [0.3, 0.4) is 0 Å². The van der Waals surface area contributed by atoms with Crippen LogP contribution in [0.4, 0.5) is 28.4 Å². The summed E-state index contributed by atoms with van der Waals surface area (Å²) in [6.45, 7) is 17.2. The molecule has 0 saturated carbocycles. The first-order valence-corrected chi connectivity index (χ1v) is 18.2. The van der Waals surface area contributed by atoms with E-state index in [9.17, 15) is 13.2 Å². The molecule has 3 aliphatic rings. The van der Waals surface area contributed by atoms with Gasteiger partial charge >= 0.3 is 6.01 Å². The third-order valence-corrected chi connectivity index (χ3v) is 10.1. The van der Waals surface area contributed by atoms with Gasteiger partial charge in [0, 0.05) is 50.1 Å². The number of nitrogens with two attached hydrogens (primary N) is 1. The number of anilines is 2. The molecule has 0 radical (unpaired) electrons. The van der Waals surface area contributed by atoms with Crippen molar-refractivity contribution in [3.8, 4) is 12.1 Å². The van der Waals surface area contributed by atoms with Crippen LogP contribution in [0.15, 0.2) is 35.5 Å². The summed E-state index contributed by atoms with van der Waals surface area (Å²) < 4.78 is 64.6. The number of nitrogen functional groups attached to an aromatic ring is 1. The Bertz CT molecular complexity index is 1900. The highest BCUT2D eigenvalue weighted by molar-refractivity contribution is 7.17. The van der Waals surface area contributed by atoms with E-state index in [1.165, 1.54) is 6.07 Å². The lowest BCUT2D eigenvalue weighted by atomic mass is 9.94. The molecule has 15 heteroatoms. The summed E-state index contributed by atoms with van der Waals surface area (Å²) in [7, 11) is 0. The van der Waals surface area contributed by atoms with Crippen molar-refractivity contribution in [3.63, 3.8) is 0 Å². The van der Waals surface area contributed by atoms with Crippen LogP contribution in [0.5, 0.6) is 6.01 Å². The average Bonchev–Trinajstić information content (AvgIpc) is 3.83. The van der Waals surface area contributed by atoms with Crippen molar-refractivity contribution in [2.45, 2.75) is 59.4 Å². The molecule has 51 heavy (non-hydrogen) atoms. The first kappa shape index (κ1) is 39.8. The second-order valence-electron chi connectivity index (χ2n) is 11.8. The molecule has 1 unspecified atom stereocenters. The van der Waals surface area contributed by atoms with Gasteiger partial charge in [-0.15, -0.1) is 11.3 Å². The zero-order chi connectivity index (χ0) is 37.5. The highest BCUT2D eigenvalue weighted by Crippen LogP contribution is 2.44. The monoisotopic (exact) mass is 746 g/mol. The maximum atomic E-state index is 16.5. The van der Waals surface area contributed by atoms with Crippen LogP contribution in [-0.2, 0) is 0 Å². The molecule has 9 nitrogen and oxygen atoms in total. The largest absolute Gasteiger partial charge is 0.461 e. The second kappa shape index (κ2) is 17.5. The predicted octanol–water partition coefficient (Wildman–Crippen LogP) is 8.59. The molecule has 0 spiro atoms. The summed E-state index contributed by atoms with van der Waals surface area (Å²) in [4.78, 5) is 17.3. The van der Waals surface area contributed by atoms with E-state index in [1.807, 2.05) is 43.6 Å². The van der Waals surface area contributed by atoms with Crippen molar-refractivity contribution in [2.24, 2.45) is 4.99 Å². The smallest absolute Gasteiger partial charge is 0.319 e. The van der Waals surface area contributed by atoms with E-state index in [1.54, 1.807) is 6.92 Å². The minimum Gasteiger partial charge on any atom is -0.461 e. The minimum atomic E-state index is -1.66. The normalized spacial score (nSPS) is 19.0. The van der Waals surface area contributed by atoms with E-state index in [-0.39, 0.29) is 62.7 Å². The van der Waals surface area contributed by atoms with Gasteiger partial charge in [0.1, 0.15) is 29.0 Å². The maximum Gasteiger partial charge on any atom is 0.319 e. The number of thiophene rings is 1. The van der Waals surface area contributed by atoms with Gasteiger partial charge < -0.3 is 20.7 Å². The van der Waals surface area contributed by atoms with E-state index in [4.69, 9.17) is 32.3 Å². The SMILES string of the molecule is C=C(C)c1c(Cl)c(C=N/C=C(/F)c2cc(C#N)c(N)s2)c(F)c2nc(OCC34CCCN3CC(=C(F)F)C4)nc(N3CCNCC3)c12.CC.CC. The molecular weight excluding hydrogens is 704 g/mol. The molecule has 2 aromatic heterocycles. The molecule has 6 rings (SSSR count). The first-order valence-electron chi connectivity index (χ1n) is 17.0. The van der Waals surface area contributed by atoms with E-state index < -0.39 is 23.3 Å². The number of rotatable bonds is 8. The van der Waals surface area contributed by atoms with Crippen LogP contribution in [0.1, 0.15) is 75.4 Å². The molecule has 3 aliphatic heterocycles. The predicted molar refractivity (Wildman–Crippen MR) is 200 cm³/mol. The number of fused-ring (bicyclic) bond motifs is 2. The van der Waals surface area contributed by atoms with Crippen molar-refractivity contribution in [3.05, 3.63) is 62.9 Å². The highest BCUT2D eigenvalue weighted by atomic mass is 35.5. The Labute approximate surface area is 305 Å². The Morgan fingerprint density at radius 2 is 1.92 bits per heavy atom. The molecule has 3 fully saturated rings. The van der Waals surface area contributed by atoms with Gasteiger partial charge in [0.25, 0.3) is 6.08 Å². The van der Waals surface area contributed by atoms with E-state index >= 15 is 4.39 Å². The lowest BCUT2D eigenvalue weighted by Crippen LogP contribution is -2.44. The van der Waals surface area contributed by atoms with Crippen molar-refractivity contribution in [2.75, 3.05) is 56.5 Å². The van der Waals surface area contributed by atoms with Gasteiger partial charge in [-0.2, -0.15) is 24.0 Å². The van der Waals surface area contributed by atoms with E-state index in [0.717, 1.165) is 30.2 Å². The number of ether oxygens (including phenoxy) is 1. The standard InChI is InChI=1S/C32H31ClF4N8OS.2C2H6/c1-17(2)23-24-27(26(35)20(25(23)33)13-41-14-21(34)22-10-18(12-38)29(39)47-22)42-31(43-30(24)44-8-5-40-6-9-44)46-16-32-4-3-7-45(32)15-19(11-32)28(36)37;2*1-2/h10,13-14,40H,1,3-9,11,15-16,39H2,2H3;2*1-2H3/b21-14+,41-13?;;. The Kier molecular flexibility index (Phi) is 13.6. The Hall–Kier alpha value is -4.03. The van der Waals surface area contributed by atoms with Crippen molar-refractivity contribution >= 4 is 62.3 Å². The summed E-state index contributed by atoms with van der Waals surface area (Å²) in [6, 6.07) is 3.10. The van der Waals surface area contributed by atoms with Gasteiger partial charge in [-0.1, -0.05) is 45.9 Å². The number of benzene rings is 1. The third kappa shape index (κ3) is 8.22. The van der Waals surface area contributed by atoms with Crippen LogP contribution in [0, 0.1) is 17.1 Å². The number of nitrogens with one attached hydrogen (secondary N) is 1. The average molecular weight is 747 g/mol. The van der Waals surface area contributed by atoms with Crippen LogP contribution in [-0.4, -0.2) is 72.5 Å². The Balaban J connectivity index is 0.00000141. The van der Waals surface area contributed by atoms with Gasteiger partial charge in [0.2, 0.25) is 0 Å². The fourth-order valence-electron chi connectivity index (χ4n) is 6.49. The number of nitriles is 1. The summed E-state index contributed by atoms with van der Waals surface area (Å²) in [5.41, 5.74) is 6.05. The summed E-state index contributed by atoms with van der Waals surface area (Å²) in [5, 5.41) is 12.9. The highest BCUT2D eigenvalue weighted by Gasteiger charge is 2.48. The Morgan fingerprint density at radius 3 is 2.55 bits per heavy atom. The number of piperazine rings is 1. The fourth-order valence-corrected chi connectivity index (χ4v) is 7.65. The number of aliphatic imine (C=N–C) groups is 1. The number of hydrogen-bond donors (Lipinski definition) is 2. The lowest BCUT2D eigenvalue weighted by Gasteiger charge is -2.32. The van der Waals surface area contributed by atoms with Crippen LogP contribution in [0.2, 0.25) is 5.02 Å². The Morgan fingerprint density at radius 1 is 1.22 bits per heavy atom. The van der Waals surface area contributed by atoms with Crippen molar-refractivity contribution < 1.29 is 22.3 Å². The summed E-state index contributed by atoms with van der Waals surface area (Å²) in [5.74, 6) is -1.19. The minimum absolute atomic E-state index is 0.000136. The number of nitrogens with zero attached hydrogens (tertiary/aromatic N) is 6. The molecule has 3 N–H and O–H groups in total. The first-order chi connectivity index (χ1) is 24.5. The molecule has 1 aromatic carbocycles. The molecule has 0 amide bonds. The fraction of sp³-hybridized carbons (Fsp3) is 0.444. The molecule has 274 valence electrons. The van der Waals surface area contributed by atoms with Gasteiger partial charge in [-0.05, 0) is 44.4 Å². The van der Waals surface area contributed by atoms with Gasteiger partial charge in [-0.25, -0.2) is 8.78 Å². The second-order valence-corrected chi connectivity index (χ2v) is 13.3. The van der Waals surface area contributed by atoms with E-state index in [0.29, 0.717) is 61.5 Å². The number of aromatic nitrogens is 2. The van der Waals surface area contributed by atoms with Gasteiger partial charge in [0.15, 0.2) is 11.6 Å². The topological polar surface area (TPSA) is 116 Å². The zero-order valence-electron chi connectivity index (χ0n) is 29.5. The van der Waals surface area contributed by atoms with Crippen LogP contribution in [0.25, 0.3) is 22.3 Å². The zero-order valence-corrected chi connectivity index (χ0v) is 31.0.